The number of carbonyl (C=O) groups excluding carboxylic acids is 1. The Morgan fingerprint density at radius 1 is 1.15 bits per heavy atom. The average molecular weight is 471 g/mol. The zero-order valence-corrected chi connectivity index (χ0v) is 18.3. The molecule has 1 saturated carbocycles. The molecular formula is C23H24F3N7O. The van der Waals surface area contributed by atoms with E-state index in [9.17, 15) is 18.0 Å². The fourth-order valence-corrected chi connectivity index (χ4v) is 5.40. The molecule has 3 saturated heterocycles. The summed E-state index contributed by atoms with van der Waals surface area (Å²) in [5.74, 6) is 1.19. The summed E-state index contributed by atoms with van der Waals surface area (Å²) in [5.41, 5.74) is -0.254. The minimum Gasteiger partial charge on any atom is -0.350 e. The van der Waals surface area contributed by atoms with Crippen molar-refractivity contribution in [3.8, 4) is 11.3 Å². The van der Waals surface area contributed by atoms with Crippen LogP contribution in [0.2, 0.25) is 0 Å². The maximum atomic E-state index is 13.8. The molecule has 1 aliphatic carbocycles. The van der Waals surface area contributed by atoms with Gasteiger partial charge in [-0.15, -0.1) is 0 Å². The van der Waals surface area contributed by atoms with E-state index < -0.39 is 11.7 Å². The molecule has 7 rings (SSSR count). The highest BCUT2D eigenvalue weighted by Crippen LogP contribution is 2.42. The number of rotatable bonds is 4. The maximum absolute atomic E-state index is 13.8. The largest absolute Gasteiger partial charge is 0.419 e. The number of hydrogen-bond donors (Lipinski definition) is 3. The number of ketones is 1. The zero-order chi connectivity index (χ0) is 23.4. The third-order valence-electron chi connectivity index (χ3n) is 7.03. The normalized spacial score (nSPS) is 24.9. The lowest BCUT2D eigenvalue weighted by molar-refractivity contribution is -0.137. The molecule has 2 unspecified atom stereocenters. The first-order chi connectivity index (χ1) is 16.4. The fraction of sp³-hybridized carbons (Fsp3) is 0.478. The molecule has 4 aliphatic rings. The van der Waals surface area contributed by atoms with Gasteiger partial charge in [-0.2, -0.15) is 13.2 Å². The highest BCUT2D eigenvalue weighted by molar-refractivity contribution is 5.94. The number of pyridine rings is 1. The van der Waals surface area contributed by atoms with Crippen molar-refractivity contribution in [1.82, 2.24) is 25.3 Å². The van der Waals surface area contributed by atoms with Gasteiger partial charge in [-0.1, -0.05) is 0 Å². The van der Waals surface area contributed by atoms with Crippen LogP contribution in [0, 0.1) is 0 Å². The first-order valence-corrected chi connectivity index (χ1v) is 11.6. The van der Waals surface area contributed by atoms with Gasteiger partial charge in [-0.3, -0.25) is 4.79 Å². The Balaban J connectivity index is 1.36. The number of alkyl halides is 3. The van der Waals surface area contributed by atoms with Crippen LogP contribution in [0.25, 0.3) is 22.3 Å². The minimum absolute atomic E-state index is 0.0633. The monoisotopic (exact) mass is 471 g/mol. The van der Waals surface area contributed by atoms with Gasteiger partial charge in [-0.05, 0) is 37.9 Å². The number of Topliss-reactive ketones (excluding diaryl/α,β-unsaturated/α-hetero) is 1. The molecule has 178 valence electrons. The van der Waals surface area contributed by atoms with Crippen molar-refractivity contribution in [1.29, 1.82) is 0 Å². The van der Waals surface area contributed by atoms with Gasteiger partial charge in [0.1, 0.15) is 22.8 Å². The number of piperidine rings is 2. The summed E-state index contributed by atoms with van der Waals surface area (Å²) in [7, 11) is 0. The number of hydrogen-bond acceptors (Lipinski definition) is 7. The lowest BCUT2D eigenvalue weighted by atomic mass is 9.79. The number of carbonyl (C=O) groups is 1. The molecule has 3 aromatic rings. The number of halogens is 3. The van der Waals surface area contributed by atoms with Crippen LogP contribution >= 0.6 is 0 Å². The maximum Gasteiger partial charge on any atom is 0.419 e. The van der Waals surface area contributed by atoms with E-state index in [2.05, 4.69) is 35.5 Å². The van der Waals surface area contributed by atoms with Crippen LogP contribution in [0.15, 0.2) is 24.5 Å². The summed E-state index contributed by atoms with van der Waals surface area (Å²) in [6.07, 6.45) is 1.67. The van der Waals surface area contributed by atoms with E-state index in [1.807, 2.05) is 6.07 Å². The van der Waals surface area contributed by atoms with E-state index in [4.69, 9.17) is 0 Å². The van der Waals surface area contributed by atoms with Crippen molar-refractivity contribution in [3.63, 3.8) is 0 Å². The second kappa shape index (κ2) is 7.93. The predicted octanol–water partition coefficient (Wildman–Crippen LogP) is 3.51. The SMILES string of the molecule is O=C1CC2CC(C1)N2c1ccc2c(-c3nc(N[C@H]4CCCNC4)ncc3C(F)(F)F)c[nH]c2n1. The smallest absolute Gasteiger partial charge is 0.350 e. The molecule has 0 spiro atoms. The van der Waals surface area contributed by atoms with Gasteiger partial charge >= 0.3 is 6.18 Å². The molecule has 3 aromatic heterocycles. The Morgan fingerprint density at radius 2 is 1.97 bits per heavy atom. The van der Waals surface area contributed by atoms with Gasteiger partial charge < -0.3 is 20.5 Å². The minimum atomic E-state index is -4.60. The Labute approximate surface area is 193 Å². The molecular weight excluding hydrogens is 447 g/mol. The summed E-state index contributed by atoms with van der Waals surface area (Å²) < 4.78 is 41.5. The fourth-order valence-electron chi connectivity index (χ4n) is 5.40. The molecule has 0 aromatic carbocycles. The number of nitrogens with one attached hydrogen (secondary N) is 3. The molecule has 6 heterocycles. The van der Waals surface area contributed by atoms with Crippen molar-refractivity contribution in [2.45, 2.75) is 56.4 Å². The molecule has 34 heavy (non-hydrogen) atoms. The number of nitrogens with zero attached hydrogens (tertiary/aromatic N) is 4. The van der Waals surface area contributed by atoms with E-state index in [-0.39, 0.29) is 35.6 Å². The van der Waals surface area contributed by atoms with Gasteiger partial charge in [0.25, 0.3) is 0 Å². The van der Waals surface area contributed by atoms with Crippen molar-refractivity contribution in [2.24, 2.45) is 0 Å². The molecule has 2 bridgehead atoms. The van der Waals surface area contributed by atoms with Gasteiger partial charge in [0, 0.05) is 60.9 Å². The van der Waals surface area contributed by atoms with E-state index in [1.165, 1.54) is 6.20 Å². The standard InChI is InChI=1S/C23H24F3N7O/c24-23(25,26)18-11-29-22(30-12-2-1-5-27-9-12)32-20(18)17-10-28-21-16(17)3-4-19(31-21)33-13-6-14(33)8-15(34)7-13/h3-4,10-14,27H,1-2,5-9H2,(H,28,31)(H,29,30,32)/t12-,13?,14?/m0/s1. The second-order valence-corrected chi connectivity index (χ2v) is 9.31. The summed E-state index contributed by atoms with van der Waals surface area (Å²) in [5, 5.41) is 6.98. The lowest BCUT2D eigenvalue weighted by Gasteiger charge is -2.52. The quantitative estimate of drug-likeness (QED) is 0.536. The third-order valence-corrected chi connectivity index (χ3v) is 7.03. The van der Waals surface area contributed by atoms with Crippen LogP contribution < -0.4 is 15.5 Å². The van der Waals surface area contributed by atoms with E-state index in [1.54, 1.807) is 6.07 Å². The topological polar surface area (TPSA) is 98.8 Å². The van der Waals surface area contributed by atoms with Gasteiger partial charge in [0.05, 0.1) is 5.69 Å². The summed E-state index contributed by atoms with van der Waals surface area (Å²) in [6.45, 7) is 1.64. The van der Waals surface area contributed by atoms with Gasteiger partial charge in [0.2, 0.25) is 5.95 Å². The lowest BCUT2D eigenvalue weighted by Crippen LogP contribution is -2.61. The summed E-state index contributed by atoms with van der Waals surface area (Å²) >= 11 is 0. The zero-order valence-electron chi connectivity index (χ0n) is 18.3. The Morgan fingerprint density at radius 3 is 2.71 bits per heavy atom. The molecule has 8 nitrogen and oxygen atoms in total. The molecule has 0 radical (unpaired) electrons. The van der Waals surface area contributed by atoms with Crippen LogP contribution in [0.3, 0.4) is 0 Å². The van der Waals surface area contributed by atoms with Crippen LogP contribution in [0.1, 0.15) is 37.7 Å². The van der Waals surface area contributed by atoms with Crippen molar-refractivity contribution in [3.05, 3.63) is 30.1 Å². The number of H-pyrrole nitrogens is 1. The number of aromatic nitrogens is 4. The first kappa shape index (κ1) is 21.3. The third kappa shape index (κ3) is 3.67. The molecule has 3 atom stereocenters. The highest BCUT2D eigenvalue weighted by Gasteiger charge is 2.45. The number of anilines is 2. The van der Waals surface area contributed by atoms with E-state index in [0.29, 0.717) is 36.0 Å². The van der Waals surface area contributed by atoms with Gasteiger partial charge in [-0.25, -0.2) is 15.0 Å². The van der Waals surface area contributed by atoms with Crippen LogP contribution in [-0.4, -0.2) is 56.9 Å². The van der Waals surface area contributed by atoms with Crippen LogP contribution in [0.4, 0.5) is 24.9 Å². The van der Waals surface area contributed by atoms with Crippen LogP contribution in [0.5, 0.6) is 0 Å². The summed E-state index contributed by atoms with van der Waals surface area (Å²) in [4.78, 5) is 29.8. The Hall–Kier alpha value is -3.21. The Kier molecular flexibility index (Phi) is 4.98. The van der Waals surface area contributed by atoms with E-state index >= 15 is 0 Å². The molecule has 3 N–H and O–H groups in total. The van der Waals surface area contributed by atoms with Gasteiger partial charge in [0.15, 0.2) is 0 Å². The average Bonchev–Trinajstić information content (AvgIpc) is 3.22. The molecule has 3 aliphatic heterocycles. The second-order valence-electron chi connectivity index (χ2n) is 9.31. The summed E-state index contributed by atoms with van der Waals surface area (Å²) in [6, 6.07) is 3.98. The highest BCUT2D eigenvalue weighted by atomic mass is 19.4. The van der Waals surface area contributed by atoms with Crippen molar-refractivity contribution < 1.29 is 18.0 Å². The molecule has 11 heteroatoms. The predicted molar refractivity (Wildman–Crippen MR) is 121 cm³/mol. The van der Waals surface area contributed by atoms with Crippen molar-refractivity contribution in [2.75, 3.05) is 23.3 Å². The Bertz CT molecular complexity index is 1240. The number of aromatic amines is 1. The number of fused-ring (bicyclic) bond motifs is 3. The first-order valence-electron chi connectivity index (χ1n) is 11.6. The molecule has 4 fully saturated rings. The van der Waals surface area contributed by atoms with E-state index in [0.717, 1.165) is 37.8 Å². The van der Waals surface area contributed by atoms with Crippen molar-refractivity contribution >= 4 is 28.6 Å². The molecule has 0 amide bonds. The van der Waals surface area contributed by atoms with Crippen LogP contribution in [-0.2, 0) is 11.0 Å².